The molecule has 3 rings (SSSR count). The van der Waals surface area contributed by atoms with E-state index in [4.69, 9.17) is 14.2 Å². The number of ether oxygens (including phenoxy) is 3. The van der Waals surface area contributed by atoms with Crippen molar-refractivity contribution in [1.82, 2.24) is 4.31 Å². The zero-order chi connectivity index (χ0) is 21.0. The van der Waals surface area contributed by atoms with Crippen LogP contribution in [-0.2, 0) is 10.0 Å². The van der Waals surface area contributed by atoms with Crippen molar-refractivity contribution in [2.24, 2.45) is 5.92 Å². The topological polar surface area (TPSA) is 82.1 Å². The van der Waals surface area contributed by atoms with Gasteiger partial charge in [0.1, 0.15) is 22.1 Å². The lowest BCUT2D eigenvalue weighted by Gasteiger charge is -2.31. The summed E-state index contributed by atoms with van der Waals surface area (Å²) in [4.78, 5) is 13.1. The minimum Gasteiger partial charge on any atom is -0.497 e. The summed E-state index contributed by atoms with van der Waals surface area (Å²) in [5.41, 5.74) is 0.471. The molecule has 0 N–H and O–H groups in total. The molecule has 0 aromatic heterocycles. The lowest BCUT2D eigenvalue weighted by Crippen LogP contribution is -2.42. The van der Waals surface area contributed by atoms with E-state index < -0.39 is 15.9 Å². The summed E-state index contributed by atoms with van der Waals surface area (Å²) in [6.07, 6.45) is 1.22. The van der Waals surface area contributed by atoms with Gasteiger partial charge in [0, 0.05) is 25.1 Å². The number of sulfonamides is 1. The first-order valence-electron chi connectivity index (χ1n) is 9.31. The Morgan fingerprint density at radius 1 is 1.00 bits per heavy atom. The van der Waals surface area contributed by atoms with E-state index in [9.17, 15) is 13.2 Å². The monoisotopic (exact) mass is 419 g/mol. The molecular formula is C21H25NO6S. The number of ketones is 1. The minimum atomic E-state index is -3.86. The van der Waals surface area contributed by atoms with E-state index in [0.29, 0.717) is 36.4 Å². The van der Waals surface area contributed by atoms with Gasteiger partial charge in [-0.05, 0) is 37.1 Å². The Morgan fingerprint density at radius 3 is 2.41 bits per heavy atom. The molecule has 0 spiro atoms. The average molecular weight is 419 g/mol. The van der Waals surface area contributed by atoms with Gasteiger partial charge in [-0.15, -0.1) is 0 Å². The van der Waals surface area contributed by atoms with Crippen LogP contribution in [0.5, 0.6) is 17.2 Å². The molecule has 8 heteroatoms. The summed E-state index contributed by atoms with van der Waals surface area (Å²) in [6.45, 7) is 0.456. The van der Waals surface area contributed by atoms with Gasteiger partial charge in [0.15, 0.2) is 5.78 Å². The second kappa shape index (κ2) is 8.84. The molecule has 156 valence electrons. The van der Waals surface area contributed by atoms with Gasteiger partial charge in [0.2, 0.25) is 10.0 Å². The van der Waals surface area contributed by atoms with E-state index in [0.717, 1.165) is 0 Å². The Labute approximate surface area is 171 Å². The molecule has 0 saturated carbocycles. The van der Waals surface area contributed by atoms with Crippen molar-refractivity contribution in [3.8, 4) is 17.2 Å². The van der Waals surface area contributed by atoms with Crippen LogP contribution in [0.1, 0.15) is 23.2 Å². The van der Waals surface area contributed by atoms with Crippen LogP contribution in [-0.4, -0.2) is 52.9 Å². The van der Waals surface area contributed by atoms with Crippen LogP contribution >= 0.6 is 0 Å². The Hall–Kier alpha value is -2.58. The summed E-state index contributed by atoms with van der Waals surface area (Å²) < 4.78 is 43.7. The standard InChI is InChI=1S/C21H25NO6S/c1-26-16-10-11-19(28-3)20(13-16)29(24,25)22-12-6-7-15(14-22)21(23)17-8-4-5-9-18(17)27-2/h4-5,8-11,13,15H,6-7,12,14H2,1-3H3. The molecule has 1 unspecified atom stereocenters. The number of carbonyl (C=O) groups is 1. The normalized spacial score (nSPS) is 17.6. The van der Waals surface area contributed by atoms with Crippen LogP contribution in [0.3, 0.4) is 0 Å². The molecule has 1 heterocycles. The molecule has 7 nitrogen and oxygen atoms in total. The van der Waals surface area contributed by atoms with Crippen LogP contribution in [0.2, 0.25) is 0 Å². The van der Waals surface area contributed by atoms with Crippen LogP contribution in [0.15, 0.2) is 47.4 Å². The number of benzene rings is 2. The molecule has 0 amide bonds. The summed E-state index contributed by atoms with van der Waals surface area (Å²) in [6, 6.07) is 11.6. The van der Waals surface area contributed by atoms with E-state index >= 15 is 0 Å². The highest BCUT2D eigenvalue weighted by atomic mass is 32.2. The van der Waals surface area contributed by atoms with Gasteiger partial charge in [-0.1, -0.05) is 12.1 Å². The minimum absolute atomic E-state index is 0.0322. The molecular weight excluding hydrogens is 394 g/mol. The van der Waals surface area contributed by atoms with Gasteiger partial charge in [-0.3, -0.25) is 4.79 Å². The van der Waals surface area contributed by atoms with Crippen LogP contribution < -0.4 is 14.2 Å². The van der Waals surface area contributed by atoms with E-state index in [1.165, 1.54) is 31.7 Å². The number of Topliss-reactive ketones (excluding diaryl/α,β-unsaturated/α-hetero) is 1. The second-order valence-corrected chi connectivity index (χ2v) is 8.69. The Bertz CT molecular complexity index is 988. The Balaban J connectivity index is 1.90. The van der Waals surface area contributed by atoms with Gasteiger partial charge in [0.25, 0.3) is 0 Å². The fourth-order valence-corrected chi connectivity index (χ4v) is 5.26. The van der Waals surface area contributed by atoms with Crippen molar-refractivity contribution in [3.05, 3.63) is 48.0 Å². The predicted octanol–water partition coefficient (Wildman–Crippen LogP) is 3.00. The molecule has 2 aromatic carbocycles. The Kier molecular flexibility index (Phi) is 6.44. The van der Waals surface area contributed by atoms with E-state index in [1.807, 2.05) is 0 Å². The second-order valence-electron chi connectivity index (χ2n) is 6.78. The van der Waals surface area contributed by atoms with Gasteiger partial charge in [-0.2, -0.15) is 4.31 Å². The highest BCUT2D eigenvalue weighted by Crippen LogP contribution is 2.34. The third-order valence-electron chi connectivity index (χ3n) is 5.12. The SMILES string of the molecule is COc1ccc(OC)c(S(=O)(=O)N2CCCC(C(=O)c3ccccc3OC)C2)c1. The maximum atomic E-state index is 13.3. The van der Waals surface area contributed by atoms with Crippen molar-refractivity contribution in [1.29, 1.82) is 0 Å². The summed E-state index contributed by atoms with van der Waals surface area (Å²) >= 11 is 0. The maximum Gasteiger partial charge on any atom is 0.246 e. The fourth-order valence-electron chi connectivity index (χ4n) is 3.57. The first-order chi connectivity index (χ1) is 13.9. The van der Waals surface area contributed by atoms with Gasteiger partial charge < -0.3 is 14.2 Å². The third-order valence-corrected chi connectivity index (χ3v) is 7.00. The van der Waals surface area contributed by atoms with Gasteiger partial charge in [-0.25, -0.2) is 8.42 Å². The molecule has 2 aromatic rings. The number of nitrogens with zero attached hydrogens (tertiary/aromatic N) is 1. The van der Waals surface area contributed by atoms with Crippen LogP contribution in [0, 0.1) is 5.92 Å². The van der Waals surface area contributed by atoms with E-state index in [2.05, 4.69) is 0 Å². The molecule has 0 bridgehead atoms. The molecule has 0 aliphatic carbocycles. The first-order valence-corrected chi connectivity index (χ1v) is 10.8. The lowest BCUT2D eigenvalue weighted by atomic mass is 9.90. The van der Waals surface area contributed by atoms with Crippen molar-refractivity contribution in [2.45, 2.75) is 17.7 Å². The Morgan fingerprint density at radius 2 is 1.72 bits per heavy atom. The average Bonchev–Trinajstić information content (AvgIpc) is 2.78. The van der Waals surface area contributed by atoms with Crippen molar-refractivity contribution < 1.29 is 27.4 Å². The maximum absolute atomic E-state index is 13.3. The summed E-state index contributed by atoms with van der Waals surface area (Å²) in [5.74, 6) is 0.602. The highest BCUT2D eigenvalue weighted by Gasteiger charge is 2.36. The molecule has 1 atom stereocenters. The molecule has 1 saturated heterocycles. The highest BCUT2D eigenvalue weighted by molar-refractivity contribution is 7.89. The van der Waals surface area contributed by atoms with Crippen LogP contribution in [0.25, 0.3) is 0 Å². The van der Waals surface area contributed by atoms with Gasteiger partial charge >= 0.3 is 0 Å². The van der Waals surface area contributed by atoms with Gasteiger partial charge in [0.05, 0.1) is 26.9 Å². The molecule has 1 fully saturated rings. The smallest absolute Gasteiger partial charge is 0.246 e. The van der Waals surface area contributed by atoms with E-state index in [1.54, 1.807) is 36.4 Å². The fraction of sp³-hybridized carbons (Fsp3) is 0.381. The number of para-hydroxylation sites is 1. The molecule has 1 aliphatic rings. The van der Waals surface area contributed by atoms with Crippen molar-refractivity contribution in [2.75, 3.05) is 34.4 Å². The number of hydrogen-bond donors (Lipinski definition) is 0. The largest absolute Gasteiger partial charge is 0.497 e. The summed E-state index contributed by atoms with van der Waals surface area (Å²) in [5, 5.41) is 0. The first kappa shape index (κ1) is 21.1. The summed E-state index contributed by atoms with van der Waals surface area (Å²) in [7, 11) is 0.551. The number of rotatable bonds is 7. The predicted molar refractivity (Wildman–Crippen MR) is 108 cm³/mol. The quantitative estimate of drug-likeness (QED) is 0.642. The lowest BCUT2D eigenvalue weighted by molar-refractivity contribution is 0.0869. The zero-order valence-electron chi connectivity index (χ0n) is 16.8. The molecule has 29 heavy (non-hydrogen) atoms. The van der Waals surface area contributed by atoms with Crippen molar-refractivity contribution in [3.63, 3.8) is 0 Å². The van der Waals surface area contributed by atoms with Crippen LogP contribution in [0.4, 0.5) is 0 Å². The van der Waals surface area contributed by atoms with Crippen molar-refractivity contribution >= 4 is 15.8 Å². The number of methoxy groups -OCH3 is 3. The third kappa shape index (κ3) is 4.23. The number of piperidine rings is 1. The molecule has 0 radical (unpaired) electrons. The zero-order valence-corrected chi connectivity index (χ0v) is 17.6. The number of carbonyl (C=O) groups excluding carboxylic acids is 1. The number of hydrogen-bond acceptors (Lipinski definition) is 6. The van der Waals surface area contributed by atoms with E-state index in [-0.39, 0.29) is 23.0 Å². The molecule has 1 aliphatic heterocycles.